The number of benzene rings is 12. The molecule has 0 bridgehead atoms. The third-order valence-electron chi connectivity index (χ3n) is 16.8. The number of para-hydroxylation sites is 2. The van der Waals surface area contributed by atoms with Gasteiger partial charge in [0.1, 0.15) is 5.58 Å². The van der Waals surface area contributed by atoms with Gasteiger partial charge in [-0.15, -0.1) is 0 Å². The van der Waals surface area contributed by atoms with Crippen LogP contribution < -0.4 is 4.90 Å². The second-order valence-electron chi connectivity index (χ2n) is 20.2. The molecule has 344 valence electrons. The van der Waals surface area contributed by atoms with E-state index in [1.54, 1.807) is 0 Å². The Morgan fingerprint density at radius 2 is 0.770 bits per heavy atom. The molecule has 0 fully saturated rings. The van der Waals surface area contributed by atoms with E-state index in [4.69, 9.17) is 4.42 Å². The first kappa shape index (κ1) is 41.2. The van der Waals surface area contributed by atoms with E-state index in [-0.39, 0.29) is 0 Å². The summed E-state index contributed by atoms with van der Waals surface area (Å²) in [7, 11) is 0. The lowest BCUT2D eigenvalue weighted by atomic mass is 9.65. The first-order valence-electron chi connectivity index (χ1n) is 25.7. The molecule has 1 spiro atoms. The molecule has 0 atom stereocenters. The van der Waals surface area contributed by atoms with Crippen molar-refractivity contribution < 1.29 is 4.42 Å². The molecule has 0 radical (unpaired) electrons. The van der Waals surface area contributed by atoms with Crippen molar-refractivity contribution in [3.05, 3.63) is 317 Å². The van der Waals surface area contributed by atoms with Crippen molar-refractivity contribution in [1.29, 1.82) is 0 Å². The van der Waals surface area contributed by atoms with E-state index in [1.807, 2.05) is 0 Å². The highest BCUT2D eigenvalue weighted by Gasteiger charge is 2.54. The van der Waals surface area contributed by atoms with Crippen molar-refractivity contribution in [3.8, 4) is 44.5 Å². The number of fused-ring (bicyclic) bond motifs is 17. The van der Waals surface area contributed by atoms with Gasteiger partial charge < -0.3 is 9.32 Å². The van der Waals surface area contributed by atoms with Crippen molar-refractivity contribution in [2.75, 3.05) is 4.90 Å². The topological polar surface area (TPSA) is 16.4 Å². The quantitative estimate of drug-likeness (QED) is 0.165. The first-order valence-corrected chi connectivity index (χ1v) is 25.7. The van der Waals surface area contributed by atoms with Gasteiger partial charge in [-0.2, -0.15) is 0 Å². The zero-order valence-electron chi connectivity index (χ0n) is 40.3. The Morgan fingerprint density at radius 3 is 1.46 bits per heavy atom. The Balaban J connectivity index is 0.961. The molecule has 0 amide bonds. The Kier molecular flexibility index (Phi) is 8.62. The van der Waals surface area contributed by atoms with E-state index in [9.17, 15) is 0 Å². The van der Waals surface area contributed by atoms with Crippen molar-refractivity contribution in [2.45, 2.75) is 10.8 Å². The van der Waals surface area contributed by atoms with Crippen LogP contribution in [0.3, 0.4) is 0 Å². The maximum Gasteiger partial charge on any atom is 0.159 e. The van der Waals surface area contributed by atoms with Crippen LogP contribution in [0.4, 0.5) is 17.1 Å². The molecule has 2 nitrogen and oxygen atoms in total. The molecule has 0 aliphatic heterocycles. The monoisotopic (exact) mass is 939 g/mol. The SMILES string of the molecule is c1ccc(C2(c3ccc4c(c3)C3(c5ccccc5-c5ccccc53)c3cc(N(c5ccc(-c6cccc7ccccc67)cc5)c5cccc6c5oc5ccccc56)ccc3-4)c3ccccc3-c3ccccc32)cc1. The van der Waals surface area contributed by atoms with Gasteiger partial charge in [0.25, 0.3) is 0 Å². The summed E-state index contributed by atoms with van der Waals surface area (Å²) in [6.07, 6.45) is 0. The number of hydrogen-bond donors (Lipinski definition) is 0. The van der Waals surface area contributed by atoms with Crippen LogP contribution in [0.2, 0.25) is 0 Å². The van der Waals surface area contributed by atoms with Crippen LogP contribution in [0.5, 0.6) is 0 Å². The van der Waals surface area contributed by atoms with Gasteiger partial charge in [-0.3, -0.25) is 0 Å². The van der Waals surface area contributed by atoms with Crippen LogP contribution in [0.15, 0.2) is 277 Å². The number of nitrogens with zero attached hydrogens (tertiary/aromatic N) is 1. The molecular formula is C72H45NO. The van der Waals surface area contributed by atoms with Crippen molar-refractivity contribution >= 4 is 49.8 Å². The van der Waals surface area contributed by atoms with E-state index in [0.29, 0.717) is 0 Å². The Labute approximate surface area is 429 Å². The third-order valence-corrected chi connectivity index (χ3v) is 16.8. The zero-order valence-corrected chi connectivity index (χ0v) is 40.3. The summed E-state index contributed by atoms with van der Waals surface area (Å²) in [5, 5.41) is 4.67. The van der Waals surface area contributed by atoms with E-state index >= 15 is 0 Å². The molecule has 1 heterocycles. The van der Waals surface area contributed by atoms with Crippen LogP contribution in [0, 0.1) is 0 Å². The minimum atomic E-state index is -0.630. The molecule has 13 aromatic rings. The Bertz CT molecular complexity index is 4350. The minimum Gasteiger partial charge on any atom is -0.454 e. The molecule has 74 heavy (non-hydrogen) atoms. The average molecular weight is 940 g/mol. The lowest BCUT2D eigenvalue weighted by molar-refractivity contribution is 0.669. The fraction of sp³-hybridized carbons (Fsp3) is 0.0278. The molecule has 2 heteroatoms. The highest BCUT2D eigenvalue weighted by atomic mass is 16.3. The molecule has 1 aromatic heterocycles. The second-order valence-corrected chi connectivity index (χ2v) is 20.2. The average Bonchev–Trinajstić information content (AvgIpc) is 4.21. The first-order chi connectivity index (χ1) is 36.7. The van der Waals surface area contributed by atoms with Gasteiger partial charge >= 0.3 is 0 Å². The summed E-state index contributed by atoms with van der Waals surface area (Å²) >= 11 is 0. The van der Waals surface area contributed by atoms with Crippen molar-refractivity contribution in [2.24, 2.45) is 0 Å². The van der Waals surface area contributed by atoms with Crippen molar-refractivity contribution in [3.63, 3.8) is 0 Å². The summed E-state index contributed by atoms with van der Waals surface area (Å²) < 4.78 is 6.89. The Hall–Kier alpha value is -9.50. The molecule has 0 unspecified atom stereocenters. The zero-order chi connectivity index (χ0) is 48.5. The van der Waals surface area contributed by atoms with Crippen molar-refractivity contribution in [1.82, 2.24) is 0 Å². The molecular weight excluding hydrogens is 895 g/mol. The van der Waals surface area contributed by atoms with Gasteiger partial charge in [-0.05, 0) is 136 Å². The summed E-state index contributed by atoms with van der Waals surface area (Å²) in [6.45, 7) is 0. The second kappa shape index (κ2) is 15.5. The highest BCUT2D eigenvalue weighted by Crippen LogP contribution is 2.65. The molecule has 3 aliphatic carbocycles. The summed E-state index contributed by atoms with van der Waals surface area (Å²) in [5.41, 5.74) is 24.0. The van der Waals surface area contributed by atoms with Crippen LogP contribution in [0.25, 0.3) is 77.2 Å². The maximum absolute atomic E-state index is 6.89. The predicted molar refractivity (Wildman–Crippen MR) is 305 cm³/mol. The summed E-state index contributed by atoms with van der Waals surface area (Å²) in [4.78, 5) is 2.42. The fourth-order valence-electron chi connectivity index (χ4n) is 13.8. The summed E-state index contributed by atoms with van der Waals surface area (Å²) in [5.74, 6) is 0. The lowest BCUT2D eigenvalue weighted by Crippen LogP contribution is -2.30. The number of rotatable bonds is 6. The van der Waals surface area contributed by atoms with Crippen LogP contribution in [-0.4, -0.2) is 0 Å². The number of anilines is 3. The van der Waals surface area contributed by atoms with Gasteiger partial charge in [-0.25, -0.2) is 0 Å². The highest BCUT2D eigenvalue weighted by molar-refractivity contribution is 6.10. The van der Waals surface area contributed by atoms with Gasteiger partial charge in [-0.1, -0.05) is 237 Å². The number of hydrogen-bond acceptors (Lipinski definition) is 2. The van der Waals surface area contributed by atoms with Gasteiger partial charge in [0.15, 0.2) is 5.58 Å². The van der Waals surface area contributed by atoms with E-state index in [0.717, 1.165) is 39.0 Å². The maximum atomic E-state index is 6.89. The van der Waals surface area contributed by atoms with E-state index < -0.39 is 10.8 Å². The number of furan rings is 1. The standard InChI is InChI=1S/C72H45NO/c1-2-20-48(21-3-1)71(62-30-11-6-23-54(62)55-24-7-12-31-63(55)71)49-38-42-58-59-43-41-51(45-67(59)72(66(58)44-49)64-32-13-8-25-56(64)57-26-9-14-33-65(57)72)73(68-34-17-29-61-60-27-10-15-35-69(60)74-70(61)68)50-39-36-47(37-40-50)53-28-16-19-46-18-4-5-22-52(46)53/h1-45H. The van der Waals surface area contributed by atoms with Crippen LogP contribution in [0.1, 0.15) is 44.5 Å². The molecule has 0 saturated carbocycles. The normalized spacial score (nSPS) is 13.9. The van der Waals surface area contributed by atoms with Crippen LogP contribution >= 0.6 is 0 Å². The minimum absolute atomic E-state index is 0.553. The molecule has 3 aliphatic rings. The smallest absolute Gasteiger partial charge is 0.159 e. The summed E-state index contributed by atoms with van der Waals surface area (Å²) in [6, 6.07) is 102. The molecule has 12 aromatic carbocycles. The molecule has 16 rings (SSSR count). The lowest BCUT2D eigenvalue weighted by Gasteiger charge is -2.36. The molecule has 0 N–H and O–H groups in total. The van der Waals surface area contributed by atoms with Gasteiger partial charge in [0.2, 0.25) is 0 Å². The molecule has 0 saturated heterocycles. The van der Waals surface area contributed by atoms with E-state index in [1.165, 1.54) is 99.8 Å². The van der Waals surface area contributed by atoms with Gasteiger partial charge in [0, 0.05) is 22.1 Å². The van der Waals surface area contributed by atoms with E-state index in [2.05, 4.69) is 278 Å². The predicted octanol–water partition coefficient (Wildman–Crippen LogP) is 18.6. The largest absolute Gasteiger partial charge is 0.454 e. The fourth-order valence-corrected chi connectivity index (χ4v) is 13.8. The Morgan fingerprint density at radius 1 is 0.284 bits per heavy atom. The third kappa shape index (κ3) is 5.44. The van der Waals surface area contributed by atoms with Gasteiger partial charge in [0.05, 0.1) is 16.5 Å². The van der Waals surface area contributed by atoms with Crippen LogP contribution in [-0.2, 0) is 10.8 Å².